The van der Waals surface area contributed by atoms with E-state index in [9.17, 15) is 34.8 Å². The van der Waals surface area contributed by atoms with Gasteiger partial charge in [-0.1, -0.05) is 6.92 Å². The summed E-state index contributed by atoms with van der Waals surface area (Å²) in [5, 5.41) is 41.9. The number of aliphatic hydroxyl groups is 2. The van der Waals surface area contributed by atoms with Crippen LogP contribution in [0.3, 0.4) is 0 Å². The maximum Gasteiger partial charge on any atom is 0.202 e. The molecule has 11 nitrogen and oxygen atoms in total. The Bertz CT molecular complexity index is 1390. The van der Waals surface area contributed by atoms with Gasteiger partial charge in [-0.25, -0.2) is 0 Å². The Morgan fingerprint density at radius 1 is 1.13 bits per heavy atom. The zero-order valence-electron chi connectivity index (χ0n) is 21.8. The molecular formula is C28H31NO10. The molecule has 0 spiro atoms. The van der Waals surface area contributed by atoms with E-state index in [4.69, 9.17) is 19.9 Å². The number of fused-ring (bicyclic) bond motifs is 3. The number of phenols is 2. The first-order valence-corrected chi connectivity index (χ1v) is 12.7. The van der Waals surface area contributed by atoms with Gasteiger partial charge in [0.2, 0.25) is 12.1 Å². The van der Waals surface area contributed by atoms with Crippen molar-refractivity contribution in [3.05, 3.63) is 45.5 Å². The lowest BCUT2D eigenvalue weighted by Crippen LogP contribution is -2.52. The fourth-order valence-electron chi connectivity index (χ4n) is 5.87. The van der Waals surface area contributed by atoms with Gasteiger partial charge in [-0.3, -0.25) is 14.4 Å². The molecule has 3 aliphatic rings. The average molecular weight is 542 g/mol. The smallest absolute Gasteiger partial charge is 0.202 e. The molecule has 0 bridgehead atoms. The van der Waals surface area contributed by atoms with Crippen LogP contribution in [0.1, 0.15) is 69.7 Å². The monoisotopic (exact) mass is 541 g/mol. The molecule has 5 rings (SSSR count). The zero-order chi connectivity index (χ0) is 28.4. The van der Waals surface area contributed by atoms with Crippen LogP contribution in [0.25, 0.3) is 0 Å². The molecule has 0 amide bonds. The van der Waals surface area contributed by atoms with Gasteiger partial charge in [0.05, 0.1) is 36.0 Å². The van der Waals surface area contributed by atoms with Crippen LogP contribution >= 0.6 is 0 Å². The third-order valence-electron chi connectivity index (χ3n) is 8.23. The lowest BCUT2D eigenvalue weighted by Gasteiger charge is -2.36. The second kappa shape index (κ2) is 9.60. The third kappa shape index (κ3) is 4.08. The number of aliphatic hydroxyl groups excluding tert-OH is 2. The van der Waals surface area contributed by atoms with E-state index < -0.39 is 65.4 Å². The molecule has 0 aromatic heterocycles. The van der Waals surface area contributed by atoms with Gasteiger partial charge in [-0.2, -0.15) is 0 Å². The number of Topliss-reactive ketones (excluding diaryl/α,β-unsaturated/α-hetero) is 1. The fraction of sp³-hybridized carbons (Fsp3) is 0.464. The number of benzene rings is 2. The summed E-state index contributed by atoms with van der Waals surface area (Å²) in [7, 11) is 1.30. The molecule has 1 unspecified atom stereocenters. The number of nitrogens with two attached hydrogens (primary N) is 1. The zero-order valence-corrected chi connectivity index (χ0v) is 21.8. The van der Waals surface area contributed by atoms with Crippen molar-refractivity contribution in [1.29, 1.82) is 0 Å². The van der Waals surface area contributed by atoms with Crippen LogP contribution < -0.4 is 15.2 Å². The van der Waals surface area contributed by atoms with Crippen LogP contribution in [0.15, 0.2) is 12.1 Å². The molecule has 0 saturated carbocycles. The minimum absolute atomic E-state index is 0.00449. The number of phenolic OH excluding ortho intramolecular Hbond substituents is 2. The van der Waals surface area contributed by atoms with Gasteiger partial charge in [0.1, 0.15) is 18.1 Å². The Balaban J connectivity index is 1.58. The van der Waals surface area contributed by atoms with E-state index in [-0.39, 0.29) is 70.6 Å². The molecule has 1 aliphatic heterocycles. The van der Waals surface area contributed by atoms with E-state index in [2.05, 4.69) is 0 Å². The molecule has 0 radical (unpaired) electrons. The predicted molar refractivity (Wildman–Crippen MR) is 135 cm³/mol. The maximum atomic E-state index is 13.8. The van der Waals surface area contributed by atoms with Crippen molar-refractivity contribution in [2.24, 2.45) is 11.1 Å². The van der Waals surface area contributed by atoms with Gasteiger partial charge in [0, 0.05) is 34.6 Å². The molecule has 2 aromatic rings. The van der Waals surface area contributed by atoms with Crippen LogP contribution in [0, 0.1) is 5.41 Å². The summed E-state index contributed by atoms with van der Waals surface area (Å²) in [4.78, 5) is 39.9. The molecule has 208 valence electrons. The van der Waals surface area contributed by atoms with Gasteiger partial charge in [0.15, 0.2) is 23.1 Å². The molecule has 6 N–H and O–H groups in total. The van der Waals surface area contributed by atoms with E-state index >= 15 is 0 Å². The Kier molecular flexibility index (Phi) is 6.66. The summed E-state index contributed by atoms with van der Waals surface area (Å²) in [6.07, 6.45) is -1.72. The summed E-state index contributed by atoms with van der Waals surface area (Å²) < 4.78 is 17.1. The molecule has 2 aromatic carbocycles. The number of hydrogen-bond donors (Lipinski definition) is 5. The number of methoxy groups -OCH3 is 1. The molecule has 1 saturated heterocycles. The van der Waals surface area contributed by atoms with Crippen molar-refractivity contribution >= 4 is 17.3 Å². The van der Waals surface area contributed by atoms with Crippen LogP contribution in [-0.2, 0) is 22.4 Å². The van der Waals surface area contributed by atoms with Gasteiger partial charge in [-0.15, -0.1) is 0 Å². The van der Waals surface area contributed by atoms with Gasteiger partial charge < -0.3 is 40.4 Å². The second-order valence-electron chi connectivity index (χ2n) is 10.7. The number of carbonyl (C=O) groups excluding carboxylic acids is 3. The first-order chi connectivity index (χ1) is 18.4. The lowest BCUT2D eigenvalue weighted by atomic mass is 9.68. The third-order valence-corrected chi connectivity index (χ3v) is 8.23. The normalized spacial score (nSPS) is 27.8. The van der Waals surface area contributed by atoms with Crippen molar-refractivity contribution in [3.63, 3.8) is 0 Å². The van der Waals surface area contributed by atoms with Crippen LogP contribution in [0.2, 0.25) is 0 Å². The number of ketones is 3. The minimum Gasteiger partial charge on any atom is -0.507 e. The van der Waals surface area contributed by atoms with E-state index in [1.165, 1.54) is 19.2 Å². The number of carbonyl (C=O) groups is 3. The summed E-state index contributed by atoms with van der Waals surface area (Å²) in [5.41, 5.74) is 4.61. The molecule has 1 heterocycles. The van der Waals surface area contributed by atoms with E-state index in [1.54, 1.807) is 13.8 Å². The highest BCUT2D eigenvalue weighted by Gasteiger charge is 2.45. The maximum absolute atomic E-state index is 13.8. The van der Waals surface area contributed by atoms with E-state index in [0.29, 0.717) is 0 Å². The quantitative estimate of drug-likeness (QED) is 0.292. The Morgan fingerprint density at radius 3 is 2.44 bits per heavy atom. The number of rotatable bonds is 5. The summed E-state index contributed by atoms with van der Waals surface area (Å²) in [5.74, 6) is -2.70. The largest absolute Gasteiger partial charge is 0.507 e. The van der Waals surface area contributed by atoms with Crippen LogP contribution in [0.5, 0.6) is 23.0 Å². The van der Waals surface area contributed by atoms with Crippen LogP contribution in [0.4, 0.5) is 0 Å². The van der Waals surface area contributed by atoms with Crippen molar-refractivity contribution in [2.45, 2.75) is 64.1 Å². The first kappa shape index (κ1) is 27.1. The molecule has 2 aliphatic carbocycles. The topological polar surface area (TPSA) is 186 Å². The standard InChI is InChI=1S/C28H31NO10/c1-11-22(32)15(29)8-18(38-11)39-16-5-4-13-19(27(16)37-3)26(36)21-20(24(13)34)25(35)14-9-28(2,17(31)10-30)7-6-12(14)23(21)33/h4-5,11,15,18,22,30,32-33,35H,6-10,29H2,1-3H3/t11-,15-,18-,22-,28?/m0/s1. The minimum atomic E-state index is -0.994. The molecule has 5 atom stereocenters. The van der Waals surface area contributed by atoms with Crippen molar-refractivity contribution in [2.75, 3.05) is 13.7 Å². The highest BCUT2D eigenvalue weighted by Crippen LogP contribution is 2.50. The van der Waals surface area contributed by atoms with Crippen LogP contribution in [-0.4, -0.2) is 76.0 Å². The summed E-state index contributed by atoms with van der Waals surface area (Å²) >= 11 is 0. The second-order valence-corrected chi connectivity index (χ2v) is 10.7. The Morgan fingerprint density at radius 2 is 1.79 bits per heavy atom. The molecule has 39 heavy (non-hydrogen) atoms. The van der Waals surface area contributed by atoms with E-state index in [0.717, 1.165) is 0 Å². The van der Waals surface area contributed by atoms with Crippen molar-refractivity contribution in [3.8, 4) is 23.0 Å². The summed E-state index contributed by atoms with van der Waals surface area (Å²) in [6.45, 7) is 2.64. The Hall–Kier alpha value is -3.51. The van der Waals surface area contributed by atoms with Crippen molar-refractivity contribution < 1.29 is 49.0 Å². The van der Waals surface area contributed by atoms with Gasteiger partial charge >= 0.3 is 0 Å². The summed E-state index contributed by atoms with van der Waals surface area (Å²) in [6, 6.07) is 2.20. The lowest BCUT2D eigenvalue weighted by molar-refractivity contribution is -0.186. The molecule has 1 fully saturated rings. The highest BCUT2D eigenvalue weighted by atomic mass is 16.7. The highest BCUT2D eigenvalue weighted by molar-refractivity contribution is 6.31. The molecule has 11 heteroatoms. The fourth-order valence-corrected chi connectivity index (χ4v) is 5.87. The average Bonchev–Trinajstić information content (AvgIpc) is 2.91. The number of aromatic hydroxyl groups is 2. The predicted octanol–water partition coefficient (Wildman–Crippen LogP) is 1.14. The van der Waals surface area contributed by atoms with Gasteiger partial charge in [0.25, 0.3) is 0 Å². The first-order valence-electron chi connectivity index (χ1n) is 12.7. The molecular weight excluding hydrogens is 510 g/mol. The van der Waals surface area contributed by atoms with Crippen molar-refractivity contribution in [1.82, 2.24) is 0 Å². The SMILES string of the molecule is COc1c(O[C@H]2C[C@H](N)[C@@H](O)[C@H](C)O2)ccc2c1C(=O)c1c(O)c3c(c(O)c1C2=O)CC(C)(C(=O)CO)CC3. The Labute approximate surface area is 224 Å². The van der Waals surface area contributed by atoms with E-state index in [1.807, 2.05) is 0 Å². The number of ether oxygens (including phenoxy) is 3. The van der Waals surface area contributed by atoms with Gasteiger partial charge in [-0.05, 0) is 38.3 Å². The number of hydrogen-bond acceptors (Lipinski definition) is 11.